The van der Waals surface area contributed by atoms with Gasteiger partial charge in [-0.2, -0.15) is 0 Å². The zero-order valence-electron chi connectivity index (χ0n) is 9.37. The van der Waals surface area contributed by atoms with Crippen molar-refractivity contribution < 1.29 is 9.59 Å². The Hall–Kier alpha value is -1.10. The lowest BCUT2D eigenvalue weighted by molar-refractivity contribution is -0.123. The number of carbonyl (C=O) groups excluding carboxylic acids is 2. The van der Waals surface area contributed by atoms with Crippen LogP contribution in [-0.4, -0.2) is 29.9 Å². The molecular formula is C11H19N3O2. The molecule has 16 heavy (non-hydrogen) atoms. The third-order valence-corrected chi connectivity index (χ3v) is 2.89. The summed E-state index contributed by atoms with van der Waals surface area (Å²) in [6.45, 7) is 0. The Morgan fingerprint density at radius 2 is 1.69 bits per heavy atom. The van der Waals surface area contributed by atoms with Crippen molar-refractivity contribution in [1.82, 2.24) is 10.6 Å². The molecule has 2 saturated carbocycles. The average Bonchev–Trinajstić information content (AvgIpc) is 3.09. The standard InChI is InChI=1S/C11H19N3O2/c12-9(11(16)14-8-3-4-8)5-6-10(15)13-7-1-2-7/h7-9H,1-6,12H2,(H,13,15)(H,14,16)/t9-/m0/s1. The van der Waals surface area contributed by atoms with Crippen LogP contribution < -0.4 is 16.4 Å². The smallest absolute Gasteiger partial charge is 0.237 e. The van der Waals surface area contributed by atoms with Gasteiger partial charge >= 0.3 is 0 Å². The first-order valence-electron chi connectivity index (χ1n) is 6.00. The average molecular weight is 225 g/mol. The summed E-state index contributed by atoms with van der Waals surface area (Å²) in [6.07, 6.45) is 5.05. The van der Waals surface area contributed by atoms with Crippen LogP contribution in [0.5, 0.6) is 0 Å². The van der Waals surface area contributed by atoms with E-state index in [0.29, 0.717) is 24.9 Å². The van der Waals surface area contributed by atoms with Gasteiger partial charge in [-0.3, -0.25) is 9.59 Å². The van der Waals surface area contributed by atoms with E-state index in [1.54, 1.807) is 0 Å². The van der Waals surface area contributed by atoms with Crippen molar-refractivity contribution >= 4 is 11.8 Å². The molecule has 0 aromatic carbocycles. The molecular weight excluding hydrogens is 206 g/mol. The van der Waals surface area contributed by atoms with Gasteiger partial charge in [0.05, 0.1) is 6.04 Å². The molecule has 5 nitrogen and oxygen atoms in total. The molecule has 5 heteroatoms. The highest BCUT2D eigenvalue weighted by Gasteiger charge is 2.27. The number of amides is 2. The minimum absolute atomic E-state index is 0.0113. The molecule has 0 saturated heterocycles. The van der Waals surface area contributed by atoms with E-state index in [0.717, 1.165) is 25.7 Å². The molecule has 0 unspecified atom stereocenters. The first-order valence-corrected chi connectivity index (χ1v) is 6.00. The topological polar surface area (TPSA) is 84.2 Å². The molecule has 2 amide bonds. The summed E-state index contributed by atoms with van der Waals surface area (Å²) in [7, 11) is 0. The lowest BCUT2D eigenvalue weighted by atomic mass is 10.1. The first kappa shape index (κ1) is 11.4. The molecule has 0 heterocycles. The fourth-order valence-corrected chi connectivity index (χ4v) is 1.48. The van der Waals surface area contributed by atoms with Gasteiger partial charge in [-0.25, -0.2) is 0 Å². The minimum Gasteiger partial charge on any atom is -0.353 e. The zero-order valence-corrected chi connectivity index (χ0v) is 9.37. The normalized spacial score (nSPS) is 21.3. The van der Waals surface area contributed by atoms with Gasteiger partial charge in [-0.05, 0) is 32.1 Å². The zero-order chi connectivity index (χ0) is 11.5. The summed E-state index contributed by atoms with van der Waals surface area (Å²) in [5.74, 6) is -0.112. The Labute approximate surface area is 95.1 Å². The van der Waals surface area contributed by atoms with Crippen LogP contribution in [0.3, 0.4) is 0 Å². The van der Waals surface area contributed by atoms with Crippen LogP contribution in [0.1, 0.15) is 38.5 Å². The van der Waals surface area contributed by atoms with Gasteiger partial charge < -0.3 is 16.4 Å². The van der Waals surface area contributed by atoms with Crippen molar-refractivity contribution in [3.63, 3.8) is 0 Å². The van der Waals surface area contributed by atoms with Crippen molar-refractivity contribution in [2.45, 2.75) is 56.7 Å². The number of nitrogens with one attached hydrogen (secondary N) is 2. The van der Waals surface area contributed by atoms with Crippen LogP contribution in [0.25, 0.3) is 0 Å². The summed E-state index contributed by atoms with van der Waals surface area (Å²) in [4.78, 5) is 22.8. The summed E-state index contributed by atoms with van der Waals surface area (Å²) in [5.41, 5.74) is 5.70. The van der Waals surface area contributed by atoms with E-state index in [9.17, 15) is 9.59 Å². The summed E-state index contributed by atoms with van der Waals surface area (Å²) >= 11 is 0. The SMILES string of the molecule is N[C@@H](CCC(=O)NC1CC1)C(=O)NC1CC1. The predicted molar refractivity (Wildman–Crippen MR) is 59.5 cm³/mol. The first-order chi connectivity index (χ1) is 7.65. The van der Waals surface area contributed by atoms with E-state index in [4.69, 9.17) is 5.73 Å². The Morgan fingerprint density at radius 1 is 1.12 bits per heavy atom. The van der Waals surface area contributed by atoms with Crippen molar-refractivity contribution in [2.75, 3.05) is 0 Å². The Morgan fingerprint density at radius 3 is 2.25 bits per heavy atom. The monoisotopic (exact) mass is 225 g/mol. The molecule has 90 valence electrons. The molecule has 2 aliphatic rings. The van der Waals surface area contributed by atoms with Crippen LogP contribution >= 0.6 is 0 Å². The highest BCUT2D eigenvalue weighted by Crippen LogP contribution is 2.19. The fraction of sp³-hybridized carbons (Fsp3) is 0.818. The highest BCUT2D eigenvalue weighted by atomic mass is 16.2. The van der Waals surface area contributed by atoms with E-state index < -0.39 is 6.04 Å². The van der Waals surface area contributed by atoms with Crippen LogP contribution in [-0.2, 0) is 9.59 Å². The molecule has 2 aliphatic carbocycles. The van der Waals surface area contributed by atoms with E-state index in [2.05, 4.69) is 10.6 Å². The van der Waals surface area contributed by atoms with Crippen molar-refractivity contribution in [1.29, 1.82) is 0 Å². The van der Waals surface area contributed by atoms with Crippen molar-refractivity contribution in [3.05, 3.63) is 0 Å². The van der Waals surface area contributed by atoms with Gasteiger partial charge in [0.15, 0.2) is 0 Å². The lowest BCUT2D eigenvalue weighted by Crippen LogP contribution is -2.42. The van der Waals surface area contributed by atoms with Crippen LogP contribution in [0.2, 0.25) is 0 Å². The molecule has 0 bridgehead atoms. The van der Waals surface area contributed by atoms with Crippen molar-refractivity contribution in [3.8, 4) is 0 Å². The van der Waals surface area contributed by atoms with Gasteiger partial charge in [0.2, 0.25) is 11.8 Å². The van der Waals surface area contributed by atoms with Crippen LogP contribution in [0.4, 0.5) is 0 Å². The maximum Gasteiger partial charge on any atom is 0.237 e. The third kappa shape index (κ3) is 3.81. The van der Waals surface area contributed by atoms with Gasteiger partial charge in [-0.1, -0.05) is 0 Å². The number of rotatable bonds is 6. The van der Waals surface area contributed by atoms with E-state index in [1.807, 2.05) is 0 Å². The summed E-state index contributed by atoms with van der Waals surface area (Å²) < 4.78 is 0. The molecule has 0 spiro atoms. The second-order valence-electron chi connectivity index (χ2n) is 4.77. The fourth-order valence-electron chi connectivity index (χ4n) is 1.48. The molecule has 0 radical (unpaired) electrons. The van der Waals surface area contributed by atoms with Crippen molar-refractivity contribution in [2.24, 2.45) is 5.73 Å². The maximum atomic E-state index is 11.5. The largest absolute Gasteiger partial charge is 0.353 e. The van der Waals surface area contributed by atoms with E-state index in [1.165, 1.54) is 0 Å². The molecule has 2 fully saturated rings. The van der Waals surface area contributed by atoms with E-state index in [-0.39, 0.29) is 11.8 Å². The van der Waals surface area contributed by atoms with Crippen LogP contribution in [0, 0.1) is 0 Å². The highest BCUT2D eigenvalue weighted by molar-refractivity contribution is 5.83. The number of carbonyl (C=O) groups is 2. The molecule has 0 aromatic heterocycles. The second kappa shape index (κ2) is 4.82. The summed E-state index contributed by atoms with van der Waals surface area (Å²) in [6, 6.07) is 0.161. The van der Waals surface area contributed by atoms with E-state index >= 15 is 0 Å². The Kier molecular flexibility index (Phi) is 3.43. The van der Waals surface area contributed by atoms with Gasteiger partial charge in [0, 0.05) is 18.5 Å². The van der Waals surface area contributed by atoms with Gasteiger partial charge in [-0.15, -0.1) is 0 Å². The minimum atomic E-state index is -0.550. The summed E-state index contributed by atoms with van der Waals surface area (Å²) in [5, 5.41) is 5.71. The molecule has 2 rings (SSSR count). The molecule has 0 aliphatic heterocycles. The van der Waals surface area contributed by atoms with Gasteiger partial charge in [0.25, 0.3) is 0 Å². The molecule has 0 aromatic rings. The predicted octanol–water partition coefficient (Wildman–Crippen LogP) is -0.349. The maximum absolute atomic E-state index is 11.5. The Bertz CT molecular complexity index is 285. The Balaban J connectivity index is 1.59. The van der Waals surface area contributed by atoms with Gasteiger partial charge in [0.1, 0.15) is 0 Å². The number of nitrogens with two attached hydrogens (primary N) is 1. The molecule has 1 atom stereocenters. The number of hydrogen-bond acceptors (Lipinski definition) is 3. The molecule has 4 N–H and O–H groups in total. The van der Waals surface area contributed by atoms with Crippen LogP contribution in [0.15, 0.2) is 0 Å². The quantitative estimate of drug-likeness (QED) is 0.577. The second-order valence-corrected chi connectivity index (χ2v) is 4.77. The number of hydrogen-bond donors (Lipinski definition) is 3. The third-order valence-electron chi connectivity index (χ3n) is 2.89. The lowest BCUT2D eigenvalue weighted by Gasteiger charge is -2.11.